The minimum absolute atomic E-state index is 0.0379. The van der Waals surface area contributed by atoms with Crippen molar-refractivity contribution in [3.63, 3.8) is 0 Å². The van der Waals surface area contributed by atoms with Crippen molar-refractivity contribution in [3.8, 4) is 0 Å². The quantitative estimate of drug-likeness (QED) is 0.634. The number of ketones is 1. The first-order chi connectivity index (χ1) is 12.2. The number of nitrogens with zero attached hydrogens (tertiary/aromatic N) is 1. The normalized spacial score (nSPS) is 17.7. The Morgan fingerprint density at radius 2 is 1.81 bits per heavy atom. The first-order valence-electron chi connectivity index (χ1n) is 7.31. The number of nitrogens with two attached hydrogens (primary N) is 1. The van der Waals surface area contributed by atoms with E-state index in [0.29, 0.717) is 0 Å². The average molecular weight is 380 g/mol. The molecular formula is C17H11F3N2O3S. The van der Waals surface area contributed by atoms with Crippen LogP contribution in [0.2, 0.25) is 0 Å². The van der Waals surface area contributed by atoms with Crippen LogP contribution >= 0.6 is 11.8 Å². The van der Waals surface area contributed by atoms with Crippen molar-refractivity contribution in [2.75, 3.05) is 0 Å². The van der Waals surface area contributed by atoms with Gasteiger partial charge in [0.2, 0.25) is 0 Å². The molecule has 0 amide bonds. The molecule has 0 spiro atoms. The van der Waals surface area contributed by atoms with Crippen LogP contribution in [0, 0.1) is 10.1 Å². The molecule has 1 heterocycles. The highest BCUT2D eigenvalue weighted by atomic mass is 32.2. The topological polar surface area (TPSA) is 86.2 Å². The lowest BCUT2D eigenvalue weighted by Crippen LogP contribution is -2.10. The number of carbonyl (C=O) groups excluding carboxylic acids is 1. The summed E-state index contributed by atoms with van der Waals surface area (Å²) >= 11 is 0.897. The fourth-order valence-corrected chi connectivity index (χ4v) is 3.85. The van der Waals surface area contributed by atoms with Gasteiger partial charge >= 0.3 is 6.18 Å². The van der Waals surface area contributed by atoms with Crippen LogP contribution in [0.3, 0.4) is 0 Å². The number of rotatable bonds is 3. The van der Waals surface area contributed by atoms with E-state index in [0.717, 1.165) is 23.9 Å². The number of hydrogen-bond donors (Lipinski definition) is 1. The molecule has 1 aliphatic heterocycles. The fourth-order valence-electron chi connectivity index (χ4n) is 2.71. The molecule has 0 saturated heterocycles. The monoisotopic (exact) mass is 380 g/mol. The molecule has 2 aromatic rings. The summed E-state index contributed by atoms with van der Waals surface area (Å²) in [6, 6.07) is 10.0. The number of hydrogen-bond acceptors (Lipinski definition) is 5. The maximum Gasteiger partial charge on any atom is 0.416 e. The lowest BCUT2D eigenvalue weighted by molar-refractivity contribution is -0.385. The maximum atomic E-state index is 12.9. The van der Waals surface area contributed by atoms with Crippen molar-refractivity contribution in [1.82, 2.24) is 0 Å². The number of carbonyl (C=O) groups is 1. The van der Waals surface area contributed by atoms with E-state index in [9.17, 15) is 28.1 Å². The Bertz CT molecular complexity index is 941. The summed E-state index contributed by atoms with van der Waals surface area (Å²) in [5.74, 6) is -0.555. The summed E-state index contributed by atoms with van der Waals surface area (Å²) in [5.41, 5.74) is 4.90. The van der Waals surface area contributed by atoms with Gasteiger partial charge in [-0.2, -0.15) is 13.2 Å². The van der Waals surface area contributed by atoms with Crippen LogP contribution in [-0.2, 0) is 11.0 Å². The van der Waals surface area contributed by atoms with Gasteiger partial charge in [-0.25, -0.2) is 0 Å². The number of Topliss-reactive ketones (excluding diaryl/α,β-unsaturated/α-hetero) is 1. The molecule has 2 aromatic carbocycles. The summed E-state index contributed by atoms with van der Waals surface area (Å²) in [6.07, 6.45) is -4.56. The van der Waals surface area contributed by atoms with Gasteiger partial charge < -0.3 is 5.73 Å². The number of benzene rings is 2. The van der Waals surface area contributed by atoms with E-state index in [-0.39, 0.29) is 27.4 Å². The highest BCUT2D eigenvalue weighted by molar-refractivity contribution is 8.04. The van der Waals surface area contributed by atoms with E-state index in [1.54, 1.807) is 6.07 Å². The van der Waals surface area contributed by atoms with Crippen molar-refractivity contribution in [2.45, 2.75) is 11.4 Å². The predicted octanol–water partition coefficient (Wildman–Crippen LogP) is 4.30. The SMILES string of the molecule is NC1=C(c2cccc(C(F)(F)F)c2)C(=O)C(c2ccccc2[N+](=O)[O-])S1. The third kappa shape index (κ3) is 3.17. The second-order valence-corrected chi connectivity index (χ2v) is 6.64. The van der Waals surface area contributed by atoms with Gasteiger partial charge in [0.05, 0.1) is 26.7 Å². The molecule has 9 heteroatoms. The Morgan fingerprint density at radius 3 is 2.46 bits per heavy atom. The van der Waals surface area contributed by atoms with Crippen molar-refractivity contribution < 1.29 is 22.9 Å². The second kappa shape index (κ2) is 6.49. The predicted molar refractivity (Wildman–Crippen MR) is 91.0 cm³/mol. The van der Waals surface area contributed by atoms with Gasteiger partial charge in [-0.05, 0) is 17.7 Å². The molecule has 0 bridgehead atoms. The molecule has 1 unspecified atom stereocenters. The zero-order valence-electron chi connectivity index (χ0n) is 13.0. The van der Waals surface area contributed by atoms with E-state index < -0.39 is 27.7 Å². The zero-order chi connectivity index (χ0) is 19.1. The molecule has 0 saturated carbocycles. The van der Waals surface area contributed by atoms with Crippen LogP contribution in [0.15, 0.2) is 53.6 Å². The summed E-state index contributed by atoms with van der Waals surface area (Å²) in [5, 5.41) is 10.3. The maximum absolute atomic E-state index is 12.9. The van der Waals surface area contributed by atoms with Crippen LogP contribution in [0.1, 0.15) is 21.9 Å². The molecule has 5 nitrogen and oxygen atoms in total. The molecule has 2 N–H and O–H groups in total. The van der Waals surface area contributed by atoms with Crippen LogP contribution in [0.4, 0.5) is 18.9 Å². The number of nitro benzene ring substituents is 1. The molecule has 0 aromatic heterocycles. The number of allylic oxidation sites excluding steroid dienone is 1. The summed E-state index contributed by atoms with van der Waals surface area (Å²) in [4.78, 5) is 23.4. The first-order valence-corrected chi connectivity index (χ1v) is 8.19. The highest BCUT2D eigenvalue weighted by Crippen LogP contribution is 2.48. The minimum atomic E-state index is -4.56. The summed E-state index contributed by atoms with van der Waals surface area (Å²) in [6.45, 7) is 0. The van der Waals surface area contributed by atoms with Crippen molar-refractivity contribution in [3.05, 3.63) is 80.4 Å². The van der Waals surface area contributed by atoms with Crippen molar-refractivity contribution >= 4 is 28.8 Å². The largest absolute Gasteiger partial charge is 0.416 e. The third-order valence-electron chi connectivity index (χ3n) is 3.87. The van der Waals surface area contributed by atoms with Gasteiger partial charge in [0.1, 0.15) is 5.25 Å². The lowest BCUT2D eigenvalue weighted by Gasteiger charge is -2.11. The Hall–Kier alpha value is -2.81. The average Bonchev–Trinajstić information content (AvgIpc) is 2.88. The summed E-state index contributed by atoms with van der Waals surface area (Å²) in [7, 11) is 0. The van der Waals surface area contributed by atoms with Crippen LogP contribution in [-0.4, -0.2) is 10.7 Å². The Morgan fingerprint density at radius 1 is 1.12 bits per heavy atom. The van der Waals surface area contributed by atoms with Crippen molar-refractivity contribution in [1.29, 1.82) is 0 Å². The first kappa shape index (κ1) is 18.0. The number of alkyl halides is 3. The molecule has 3 rings (SSSR count). The molecule has 0 aliphatic carbocycles. The van der Waals surface area contributed by atoms with Gasteiger partial charge in [-0.15, -0.1) is 0 Å². The van der Waals surface area contributed by atoms with E-state index in [1.807, 2.05) is 0 Å². The van der Waals surface area contributed by atoms with E-state index in [4.69, 9.17) is 5.73 Å². The number of halogens is 3. The zero-order valence-corrected chi connectivity index (χ0v) is 13.8. The van der Waals surface area contributed by atoms with Crippen LogP contribution in [0.5, 0.6) is 0 Å². The van der Waals surface area contributed by atoms with Crippen LogP contribution < -0.4 is 5.73 Å². The Labute approximate surface area is 149 Å². The van der Waals surface area contributed by atoms with Crippen LogP contribution in [0.25, 0.3) is 5.57 Å². The molecule has 1 aliphatic rings. The Kier molecular flexibility index (Phi) is 4.49. The van der Waals surface area contributed by atoms with Gasteiger partial charge in [0.25, 0.3) is 5.69 Å². The Balaban J connectivity index is 2.02. The van der Waals surface area contributed by atoms with Gasteiger partial charge in [0.15, 0.2) is 5.78 Å². The molecule has 134 valence electrons. The molecular weight excluding hydrogens is 369 g/mol. The number of thioether (sulfide) groups is 1. The number of nitro groups is 1. The van der Waals surface area contributed by atoms with E-state index in [1.165, 1.54) is 30.3 Å². The van der Waals surface area contributed by atoms with Gasteiger partial charge in [-0.3, -0.25) is 14.9 Å². The molecule has 0 fully saturated rings. The smallest absolute Gasteiger partial charge is 0.393 e. The lowest BCUT2D eigenvalue weighted by atomic mass is 9.95. The van der Waals surface area contributed by atoms with Crippen molar-refractivity contribution in [2.24, 2.45) is 5.73 Å². The standard InChI is InChI=1S/C17H11F3N2O3S/c18-17(19,20)10-5-3-4-9(8-10)13-14(23)15(26-16(13)21)11-6-1-2-7-12(11)22(24)25/h1-8,15H,21H2. The molecule has 0 radical (unpaired) electrons. The minimum Gasteiger partial charge on any atom is -0.393 e. The van der Waals surface area contributed by atoms with Gasteiger partial charge in [-0.1, -0.05) is 42.1 Å². The highest BCUT2D eigenvalue weighted by Gasteiger charge is 2.39. The fraction of sp³-hybridized carbons (Fsp3) is 0.118. The molecule has 1 atom stereocenters. The molecule has 26 heavy (non-hydrogen) atoms. The summed E-state index contributed by atoms with van der Waals surface area (Å²) < 4.78 is 38.8. The van der Waals surface area contributed by atoms with E-state index in [2.05, 4.69) is 0 Å². The van der Waals surface area contributed by atoms with E-state index >= 15 is 0 Å². The van der Waals surface area contributed by atoms with Gasteiger partial charge in [0, 0.05) is 6.07 Å². The third-order valence-corrected chi connectivity index (χ3v) is 5.03. The number of para-hydroxylation sites is 1. The second-order valence-electron chi connectivity index (χ2n) is 5.50.